The lowest BCUT2D eigenvalue weighted by Crippen LogP contribution is -2.68. The van der Waals surface area contributed by atoms with Gasteiger partial charge in [-0.2, -0.15) is 4.31 Å². The van der Waals surface area contributed by atoms with Crippen molar-refractivity contribution in [1.82, 2.24) is 4.31 Å². The van der Waals surface area contributed by atoms with E-state index in [1.165, 1.54) is 0 Å². The summed E-state index contributed by atoms with van der Waals surface area (Å²) < 4.78 is 46.2. The molecule has 0 aromatic heterocycles. The molecule has 1 aliphatic heterocycles. The fourth-order valence-electron chi connectivity index (χ4n) is 1.85. The second-order valence-corrected chi connectivity index (χ2v) is 9.01. The van der Waals surface area contributed by atoms with Crippen LogP contribution in [0.25, 0.3) is 0 Å². The van der Waals surface area contributed by atoms with Gasteiger partial charge in [-0.25, -0.2) is 16.8 Å². The summed E-state index contributed by atoms with van der Waals surface area (Å²) in [4.78, 5) is 0. The minimum absolute atomic E-state index is 0.221. The van der Waals surface area contributed by atoms with E-state index in [1.54, 1.807) is 0 Å². The van der Waals surface area contributed by atoms with Crippen LogP contribution in [0.2, 0.25) is 0 Å². The van der Waals surface area contributed by atoms with Crippen LogP contribution in [-0.2, 0) is 19.9 Å². The molecule has 2 N–H and O–H groups in total. The average Bonchev–Trinajstić information content (AvgIpc) is 1.95. The van der Waals surface area contributed by atoms with Gasteiger partial charge in [0.05, 0.1) is 0 Å². The highest BCUT2D eigenvalue weighted by molar-refractivity contribution is 8.06. The van der Waals surface area contributed by atoms with Crippen molar-refractivity contribution in [3.63, 3.8) is 0 Å². The van der Waals surface area contributed by atoms with Gasteiger partial charge in [-0.05, 0) is 6.42 Å². The predicted molar refractivity (Wildman–Crippen MR) is 62.0 cm³/mol. The first kappa shape index (κ1) is 13.9. The van der Waals surface area contributed by atoms with Crippen molar-refractivity contribution in [3.8, 4) is 0 Å². The van der Waals surface area contributed by atoms with Gasteiger partial charge < -0.3 is 5.73 Å². The third-order valence-corrected chi connectivity index (χ3v) is 6.44. The van der Waals surface area contributed by atoms with Gasteiger partial charge in [0.1, 0.15) is 0 Å². The van der Waals surface area contributed by atoms with Crippen LogP contribution in [0.5, 0.6) is 0 Å². The molecule has 0 unspecified atom stereocenters. The zero-order valence-electron chi connectivity index (χ0n) is 9.51. The Hall–Kier alpha value is -0.180. The van der Waals surface area contributed by atoms with Crippen LogP contribution in [-0.4, -0.2) is 51.1 Å². The van der Waals surface area contributed by atoms with Crippen molar-refractivity contribution in [1.29, 1.82) is 0 Å². The first-order valence-corrected chi connectivity index (χ1v) is 8.69. The summed E-state index contributed by atoms with van der Waals surface area (Å²) in [5, 5.41) is -0.831. The zero-order valence-corrected chi connectivity index (χ0v) is 11.1. The van der Waals surface area contributed by atoms with Crippen molar-refractivity contribution >= 4 is 19.9 Å². The van der Waals surface area contributed by atoms with Gasteiger partial charge >= 0.3 is 0 Å². The average molecular weight is 270 g/mol. The molecule has 96 valence electrons. The van der Waals surface area contributed by atoms with Crippen LogP contribution in [0.4, 0.5) is 0 Å². The number of nitrogens with two attached hydrogens (primary N) is 1. The Morgan fingerprint density at radius 1 is 1.25 bits per heavy atom. The molecule has 0 atom stereocenters. The molecular formula is C8H18N2O4S2. The Balaban J connectivity index is 2.64. The summed E-state index contributed by atoms with van der Waals surface area (Å²) >= 11 is 0. The highest BCUT2D eigenvalue weighted by Gasteiger charge is 2.45. The molecule has 0 saturated carbocycles. The quantitative estimate of drug-likeness (QED) is 0.700. The van der Waals surface area contributed by atoms with Gasteiger partial charge in [0.25, 0.3) is 0 Å². The summed E-state index contributed by atoms with van der Waals surface area (Å²) in [5.41, 5.74) is 5.44. The topological polar surface area (TPSA) is 97.5 Å². The normalized spacial score (nSPS) is 21.7. The van der Waals surface area contributed by atoms with E-state index in [9.17, 15) is 16.8 Å². The third-order valence-electron chi connectivity index (χ3n) is 2.49. The van der Waals surface area contributed by atoms with E-state index in [2.05, 4.69) is 0 Å². The third kappa shape index (κ3) is 3.41. The number of rotatable bonds is 5. The summed E-state index contributed by atoms with van der Waals surface area (Å²) in [6.07, 6.45) is 2.54. The van der Waals surface area contributed by atoms with Crippen LogP contribution < -0.4 is 5.73 Å². The van der Waals surface area contributed by atoms with E-state index >= 15 is 0 Å². The van der Waals surface area contributed by atoms with Crippen LogP contribution in [0.3, 0.4) is 0 Å². The second-order valence-electron chi connectivity index (χ2n) is 4.54. The van der Waals surface area contributed by atoms with Gasteiger partial charge in [0, 0.05) is 24.9 Å². The molecule has 0 aliphatic carbocycles. The van der Waals surface area contributed by atoms with Crippen LogP contribution >= 0.6 is 0 Å². The highest BCUT2D eigenvalue weighted by Crippen LogP contribution is 2.26. The number of sulfone groups is 1. The van der Waals surface area contributed by atoms with E-state index in [4.69, 9.17) is 5.73 Å². The lowest BCUT2D eigenvalue weighted by Gasteiger charge is -2.46. The maximum atomic E-state index is 11.6. The molecule has 0 amide bonds. The molecule has 8 heteroatoms. The fraction of sp³-hybridized carbons (Fsp3) is 1.00. The predicted octanol–water partition coefficient (Wildman–Crippen LogP) is -0.868. The van der Waals surface area contributed by atoms with E-state index in [1.807, 2.05) is 6.92 Å². The Morgan fingerprint density at radius 2 is 1.75 bits per heavy atom. The Kier molecular flexibility index (Phi) is 3.68. The van der Waals surface area contributed by atoms with Crippen LogP contribution in [0.15, 0.2) is 0 Å². The largest absolute Gasteiger partial charge is 0.323 e. The first-order chi connectivity index (χ1) is 7.08. The standard InChI is InChI=1S/C8H18N2O4S2/c1-3-4-8(9)5-10(6-8)16(13,14)7-15(2,11)12/h3-7,9H2,1-2H3. The number of hydrogen-bond donors (Lipinski definition) is 1. The van der Waals surface area contributed by atoms with Gasteiger partial charge in [-0.1, -0.05) is 13.3 Å². The number of sulfonamides is 1. The van der Waals surface area contributed by atoms with E-state index in [0.717, 1.165) is 23.4 Å². The minimum Gasteiger partial charge on any atom is -0.323 e. The molecule has 0 radical (unpaired) electrons. The summed E-state index contributed by atoms with van der Waals surface area (Å²) in [6.45, 7) is 2.42. The molecule has 1 rings (SSSR count). The Morgan fingerprint density at radius 3 is 2.12 bits per heavy atom. The van der Waals surface area contributed by atoms with Gasteiger partial charge in [-0.15, -0.1) is 0 Å². The van der Waals surface area contributed by atoms with E-state index < -0.39 is 30.5 Å². The van der Waals surface area contributed by atoms with Crippen molar-refractivity contribution < 1.29 is 16.8 Å². The van der Waals surface area contributed by atoms with Crippen LogP contribution in [0.1, 0.15) is 19.8 Å². The zero-order chi connectivity index (χ0) is 12.6. The summed E-state index contributed by atoms with van der Waals surface area (Å²) in [5.74, 6) is 0. The molecule has 1 aliphatic rings. The molecule has 0 aromatic rings. The Bertz CT molecular complexity index is 448. The van der Waals surface area contributed by atoms with E-state index in [0.29, 0.717) is 0 Å². The van der Waals surface area contributed by atoms with Gasteiger partial charge in [-0.3, -0.25) is 0 Å². The van der Waals surface area contributed by atoms with Crippen molar-refractivity contribution in [2.75, 3.05) is 24.4 Å². The maximum Gasteiger partial charge on any atom is 0.228 e. The smallest absolute Gasteiger partial charge is 0.228 e. The molecular weight excluding hydrogens is 252 g/mol. The summed E-state index contributed by atoms with van der Waals surface area (Å²) in [7, 11) is -7.23. The highest BCUT2D eigenvalue weighted by atomic mass is 32.3. The molecule has 0 spiro atoms. The molecule has 0 bridgehead atoms. The van der Waals surface area contributed by atoms with Crippen molar-refractivity contribution in [2.24, 2.45) is 5.73 Å². The number of hydrogen-bond acceptors (Lipinski definition) is 5. The first-order valence-electron chi connectivity index (χ1n) is 5.02. The second kappa shape index (κ2) is 4.25. The van der Waals surface area contributed by atoms with Crippen LogP contribution in [0, 0.1) is 0 Å². The van der Waals surface area contributed by atoms with E-state index in [-0.39, 0.29) is 13.1 Å². The molecule has 6 nitrogen and oxygen atoms in total. The summed E-state index contributed by atoms with van der Waals surface area (Å²) in [6, 6.07) is 0. The maximum absolute atomic E-state index is 11.6. The fourth-order valence-corrected chi connectivity index (χ4v) is 5.52. The van der Waals surface area contributed by atoms with Gasteiger partial charge in [0.15, 0.2) is 14.9 Å². The molecule has 0 aromatic carbocycles. The minimum atomic E-state index is -3.71. The SMILES string of the molecule is CCCC1(N)CN(S(=O)(=O)CS(C)(=O)=O)C1. The lowest BCUT2D eigenvalue weighted by atomic mass is 9.89. The molecule has 1 saturated heterocycles. The monoisotopic (exact) mass is 270 g/mol. The van der Waals surface area contributed by atoms with Crippen molar-refractivity contribution in [2.45, 2.75) is 25.3 Å². The number of nitrogens with zero attached hydrogens (tertiary/aromatic N) is 1. The molecule has 16 heavy (non-hydrogen) atoms. The Labute approximate surface area is 96.8 Å². The molecule has 1 fully saturated rings. The van der Waals surface area contributed by atoms with Crippen molar-refractivity contribution in [3.05, 3.63) is 0 Å². The molecule has 1 heterocycles. The lowest BCUT2D eigenvalue weighted by molar-refractivity contribution is 0.147. The van der Waals surface area contributed by atoms with Gasteiger partial charge in [0.2, 0.25) is 10.0 Å².